The molecular weight excluding hydrogens is 466 g/mol. The number of aliphatic hydroxyl groups is 1. The van der Waals surface area contributed by atoms with Gasteiger partial charge in [-0.15, -0.1) is 0 Å². The third-order valence-electron chi connectivity index (χ3n) is 6.15. The first-order chi connectivity index (χ1) is 18.1. The first-order valence-corrected chi connectivity index (χ1v) is 12.0. The van der Waals surface area contributed by atoms with Crippen molar-refractivity contribution in [2.45, 2.75) is 12.5 Å². The van der Waals surface area contributed by atoms with Crippen molar-refractivity contribution in [2.24, 2.45) is 0 Å². The topological polar surface area (TPSA) is 80.9 Å². The van der Waals surface area contributed by atoms with Crippen LogP contribution in [0.4, 0.5) is 5.69 Å². The van der Waals surface area contributed by atoms with Crippen LogP contribution >= 0.6 is 0 Å². The van der Waals surface area contributed by atoms with E-state index < -0.39 is 12.1 Å². The predicted octanol–water partition coefficient (Wildman–Crippen LogP) is 6.75. The number of methoxy groups -OCH3 is 1. The Morgan fingerprint density at radius 2 is 1.70 bits per heavy atom. The number of rotatable bonds is 9. The minimum atomic E-state index is -0.776. The van der Waals surface area contributed by atoms with Gasteiger partial charge in [0.1, 0.15) is 23.4 Å². The molecule has 0 aliphatic carbocycles. The van der Waals surface area contributed by atoms with E-state index in [9.17, 15) is 9.90 Å². The molecule has 1 atom stereocenters. The zero-order valence-electron chi connectivity index (χ0n) is 20.4. The molecule has 0 aliphatic rings. The van der Waals surface area contributed by atoms with Crippen LogP contribution in [0.15, 0.2) is 108 Å². The van der Waals surface area contributed by atoms with Crippen LogP contribution in [0, 0.1) is 0 Å². The van der Waals surface area contributed by atoms with Crippen molar-refractivity contribution in [3.63, 3.8) is 0 Å². The van der Waals surface area contributed by atoms with Gasteiger partial charge in [-0.05, 0) is 53.9 Å². The van der Waals surface area contributed by atoms with Crippen LogP contribution in [-0.2, 0) is 11.2 Å². The number of aliphatic hydroxyl groups excluding tert-OH is 1. The van der Waals surface area contributed by atoms with Crippen molar-refractivity contribution in [2.75, 3.05) is 19.0 Å². The van der Waals surface area contributed by atoms with E-state index in [1.165, 1.54) is 7.11 Å². The molecule has 0 aliphatic heterocycles. The summed E-state index contributed by atoms with van der Waals surface area (Å²) in [5.74, 6) is 1.39. The number of para-hydroxylation sites is 1. The predicted molar refractivity (Wildman–Crippen MR) is 143 cm³/mol. The zero-order chi connectivity index (χ0) is 25.6. The second-order valence-electron chi connectivity index (χ2n) is 8.68. The van der Waals surface area contributed by atoms with Crippen LogP contribution in [0.1, 0.15) is 33.3 Å². The lowest BCUT2D eigenvalue weighted by Gasteiger charge is -2.15. The average molecular weight is 494 g/mol. The van der Waals surface area contributed by atoms with Gasteiger partial charge in [-0.25, -0.2) is 4.79 Å². The normalized spacial score (nSPS) is 11.7. The van der Waals surface area contributed by atoms with Crippen molar-refractivity contribution in [3.8, 4) is 11.5 Å². The van der Waals surface area contributed by atoms with Crippen LogP contribution in [0.5, 0.6) is 11.5 Å². The summed E-state index contributed by atoms with van der Waals surface area (Å²) in [5.41, 5.74) is 3.62. The number of hydrogen-bond donors (Lipinski definition) is 2. The maximum Gasteiger partial charge on any atom is 0.337 e. The summed E-state index contributed by atoms with van der Waals surface area (Å²) in [7, 11) is 1.35. The van der Waals surface area contributed by atoms with Crippen LogP contribution in [0.3, 0.4) is 0 Å². The maximum absolute atomic E-state index is 11.8. The fourth-order valence-electron chi connectivity index (χ4n) is 4.25. The first kappa shape index (κ1) is 24.2. The van der Waals surface area contributed by atoms with E-state index in [-0.39, 0.29) is 0 Å². The van der Waals surface area contributed by atoms with Crippen molar-refractivity contribution >= 4 is 22.4 Å². The van der Waals surface area contributed by atoms with Gasteiger partial charge in [-0.2, -0.15) is 0 Å². The second-order valence-corrected chi connectivity index (χ2v) is 8.68. The molecule has 0 radical (unpaired) electrons. The molecule has 5 rings (SSSR count). The number of benzene rings is 4. The molecule has 37 heavy (non-hydrogen) atoms. The van der Waals surface area contributed by atoms with Gasteiger partial charge in [0, 0.05) is 23.0 Å². The molecule has 1 aromatic heterocycles. The van der Waals surface area contributed by atoms with Gasteiger partial charge >= 0.3 is 5.97 Å². The van der Waals surface area contributed by atoms with Crippen molar-refractivity contribution in [3.05, 3.63) is 126 Å². The third-order valence-corrected chi connectivity index (χ3v) is 6.15. The largest absolute Gasteiger partial charge is 0.465 e. The molecule has 0 spiro atoms. The molecule has 5 aromatic rings. The Hall–Kier alpha value is -4.55. The van der Waals surface area contributed by atoms with E-state index in [0.29, 0.717) is 35.8 Å². The van der Waals surface area contributed by atoms with Gasteiger partial charge in [0.2, 0.25) is 0 Å². The van der Waals surface area contributed by atoms with Gasteiger partial charge in [-0.3, -0.25) is 0 Å². The molecule has 1 unspecified atom stereocenters. The summed E-state index contributed by atoms with van der Waals surface area (Å²) in [4.78, 5) is 11.8. The Labute approximate surface area is 215 Å². The summed E-state index contributed by atoms with van der Waals surface area (Å²) >= 11 is 0. The fraction of sp³-hybridized carbons (Fsp3) is 0.129. The molecule has 186 valence electrons. The molecule has 0 bridgehead atoms. The summed E-state index contributed by atoms with van der Waals surface area (Å²) in [6.45, 7) is 0.325. The van der Waals surface area contributed by atoms with Crippen molar-refractivity contribution in [1.29, 1.82) is 0 Å². The number of nitrogens with one attached hydrogen (secondary N) is 1. The summed E-state index contributed by atoms with van der Waals surface area (Å²) in [6, 6.07) is 30.6. The van der Waals surface area contributed by atoms with Gasteiger partial charge < -0.3 is 24.3 Å². The van der Waals surface area contributed by atoms with Gasteiger partial charge in [0.25, 0.3) is 0 Å². The third kappa shape index (κ3) is 5.66. The molecule has 6 heteroatoms. The van der Waals surface area contributed by atoms with Gasteiger partial charge in [-0.1, -0.05) is 60.7 Å². The molecule has 0 fully saturated rings. The summed E-state index contributed by atoms with van der Waals surface area (Å²) in [6.07, 6.45) is 1.61. The minimum Gasteiger partial charge on any atom is -0.465 e. The van der Waals surface area contributed by atoms with Gasteiger partial charge in [0.05, 0.1) is 18.9 Å². The van der Waals surface area contributed by atoms with E-state index in [1.54, 1.807) is 30.5 Å². The maximum atomic E-state index is 11.8. The fourth-order valence-corrected chi connectivity index (χ4v) is 4.25. The Bertz CT molecular complexity index is 1510. The lowest BCUT2D eigenvalue weighted by atomic mass is 10.0. The lowest BCUT2D eigenvalue weighted by Crippen LogP contribution is -2.13. The second kappa shape index (κ2) is 11.0. The highest BCUT2D eigenvalue weighted by Gasteiger charge is 2.16. The van der Waals surface area contributed by atoms with Crippen molar-refractivity contribution in [1.82, 2.24) is 0 Å². The molecular formula is C31H27NO5. The quantitative estimate of drug-likeness (QED) is 0.221. The molecule has 0 saturated carbocycles. The molecule has 0 amide bonds. The zero-order valence-corrected chi connectivity index (χ0v) is 20.4. The van der Waals surface area contributed by atoms with E-state index in [4.69, 9.17) is 13.9 Å². The van der Waals surface area contributed by atoms with E-state index in [0.717, 1.165) is 27.6 Å². The highest BCUT2D eigenvalue weighted by molar-refractivity contribution is 5.89. The van der Waals surface area contributed by atoms with E-state index in [2.05, 4.69) is 11.4 Å². The van der Waals surface area contributed by atoms with Crippen LogP contribution in [-0.4, -0.2) is 24.7 Å². The number of fused-ring (bicyclic) bond motifs is 1. The standard InChI is InChI=1S/C31H27NO5/c1-35-31(34)23-9-6-10-26(18-23)37-25-15-13-21(14-16-25)17-22-7-3-5-12-28(22)32-19-29(33)30-27-11-4-2-8-24(27)20-36-30/h2-16,18,20,29,32-33H,17,19H2,1H3. The number of hydrogen-bond acceptors (Lipinski definition) is 6. The number of carbonyl (C=O) groups excluding carboxylic acids is 1. The molecule has 6 nitrogen and oxygen atoms in total. The Morgan fingerprint density at radius 1 is 0.919 bits per heavy atom. The molecule has 0 saturated heterocycles. The highest BCUT2D eigenvalue weighted by Crippen LogP contribution is 2.28. The van der Waals surface area contributed by atoms with Crippen LogP contribution in [0.2, 0.25) is 0 Å². The average Bonchev–Trinajstić information content (AvgIpc) is 3.37. The summed E-state index contributed by atoms with van der Waals surface area (Å²) < 4.78 is 16.3. The molecule has 4 aromatic carbocycles. The minimum absolute atomic E-state index is 0.325. The Balaban J connectivity index is 1.24. The van der Waals surface area contributed by atoms with Gasteiger partial charge in [0.15, 0.2) is 0 Å². The Kier molecular flexibility index (Phi) is 7.19. The van der Waals surface area contributed by atoms with E-state index in [1.807, 2.05) is 66.7 Å². The smallest absolute Gasteiger partial charge is 0.337 e. The Morgan fingerprint density at radius 3 is 2.54 bits per heavy atom. The number of esters is 1. The van der Waals surface area contributed by atoms with E-state index >= 15 is 0 Å². The number of ether oxygens (including phenoxy) is 2. The SMILES string of the molecule is COC(=O)c1cccc(Oc2ccc(Cc3ccccc3NCC(O)c3occ4ccccc34)cc2)c1. The number of furan rings is 1. The first-order valence-electron chi connectivity index (χ1n) is 12.0. The van der Waals surface area contributed by atoms with Crippen molar-refractivity contribution < 1.29 is 23.8 Å². The van der Waals surface area contributed by atoms with Crippen LogP contribution in [0.25, 0.3) is 10.8 Å². The van der Waals surface area contributed by atoms with Crippen LogP contribution < -0.4 is 10.1 Å². The summed E-state index contributed by atoms with van der Waals surface area (Å²) in [5, 5.41) is 16.0. The molecule has 1 heterocycles. The number of carbonyl (C=O) groups is 1. The highest BCUT2D eigenvalue weighted by atomic mass is 16.5. The monoisotopic (exact) mass is 493 g/mol. The number of anilines is 1. The lowest BCUT2D eigenvalue weighted by molar-refractivity contribution is 0.0600. The molecule has 2 N–H and O–H groups in total.